The molecule has 4 nitrogen and oxygen atoms in total. The van der Waals surface area contributed by atoms with Crippen LogP contribution < -0.4 is 4.74 Å². The smallest absolute Gasteiger partial charge is 0.176 e. The molecule has 0 radical (unpaired) electrons. The van der Waals surface area contributed by atoms with Crippen molar-refractivity contribution in [3.05, 3.63) is 70.8 Å². The Kier molecular flexibility index (Phi) is 5.62. The van der Waals surface area contributed by atoms with Crippen molar-refractivity contribution in [2.45, 2.75) is 5.03 Å². The van der Waals surface area contributed by atoms with Gasteiger partial charge in [0.1, 0.15) is 21.9 Å². The standard InChI is InChI=1S/C21H15ClN2O2S2/c1-26-18-5-3-2-4-15(18)17(25)11-28-21-19-16(10-27-20(19)23-12-24-21)13-6-8-14(22)9-7-13/h2-10,12H,11H2,1H3. The van der Waals surface area contributed by atoms with E-state index in [-0.39, 0.29) is 11.5 Å². The third kappa shape index (κ3) is 3.76. The van der Waals surface area contributed by atoms with Gasteiger partial charge in [0.15, 0.2) is 5.78 Å². The maximum Gasteiger partial charge on any atom is 0.176 e. The Labute approximate surface area is 175 Å². The van der Waals surface area contributed by atoms with Gasteiger partial charge in [-0.15, -0.1) is 11.3 Å². The van der Waals surface area contributed by atoms with Crippen molar-refractivity contribution in [1.29, 1.82) is 0 Å². The largest absolute Gasteiger partial charge is 0.496 e. The zero-order valence-electron chi connectivity index (χ0n) is 14.9. The predicted molar refractivity (Wildman–Crippen MR) is 116 cm³/mol. The van der Waals surface area contributed by atoms with Crippen LogP contribution in [0.3, 0.4) is 0 Å². The maximum absolute atomic E-state index is 12.7. The molecule has 2 aromatic heterocycles. The summed E-state index contributed by atoms with van der Waals surface area (Å²) in [7, 11) is 1.57. The molecule has 28 heavy (non-hydrogen) atoms. The molecule has 7 heteroatoms. The Hall–Kier alpha value is -2.41. The van der Waals surface area contributed by atoms with E-state index in [9.17, 15) is 4.79 Å². The van der Waals surface area contributed by atoms with Gasteiger partial charge in [-0.05, 0) is 29.8 Å². The van der Waals surface area contributed by atoms with Gasteiger partial charge in [-0.3, -0.25) is 4.79 Å². The molecule has 0 saturated carbocycles. The number of ketones is 1. The molecule has 0 fully saturated rings. The average molecular weight is 427 g/mol. The molecule has 0 N–H and O–H groups in total. The van der Waals surface area contributed by atoms with E-state index in [0.717, 1.165) is 26.4 Å². The first-order valence-corrected chi connectivity index (χ1v) is 10.7. The number of methoxy groups -OCH3 is 1. The fraction of sp³-hybridized carbons (Fsp3) is 0.0952. The van der Waals surface area contributed by atoms with Crippen LogP contribution in [-0.2, 0) is 0 Å². The lowest BCUT2D eigenvalue weighted by atomic mass is 10.1. The number of rotatable bonds is 6. The van der Waals surface area contributed by atoms with Gasteiger partial charge >= 0.3 is 0 Å². The fourth-order valence-corrected chi connectivity index (χ4v) is 4.89. The molecular weight excluding hydrogens is 412 g/mol. The monoisotopic (exact) mass is 426 g/mol. The molecule has 140 valence electrons. The number of halogens is 1. The lowest BCUT2D eigenvalue weighted by Crippen LogP contribution is -2.05. The summed E-state index contributed by atoms with van der Waals surface area (Å²) < 4.78 is 5.30. The van der Waals surface area contributed by atoms with Gasteiger partial charge in [-0.25, -0.2) is 9.97 Å². The number of fused-ring (bicyclic) bond motifs is 1. The van der Waals surface area contributed by atoms with Crippen LogP contribution in [0, 0.1) is 0 Å². The SMILES string of the molecule is COc1ccccc1C(=O)CSc1ncnc2scc(-c3ccc(Cl)cc3)c12. The van der Waals surface area contributed by atoms with Crippen LogP contribution >= 0.6 is 34.7 Å². The number of nitrogens with zero attached hydrogens (tertiary/aromatic N) is 2. The Morgan fingerprint density at radius 2 is 1.93 bits per heavy atom. The van der Waals surface area contributed by atoms with E-state index < -0.39 is 0 Å². The predicted octanol–water partition coefficient (Wildman–Crippen LogP) is 6.00. The van der Waals surface area contributed by atoms with E-state index in [1.54, 1.807) is 36.9 Å². The van der Waals surface area contributed by atoms with E-state index in [1.807, 2.05) is 36.4 Å². The van der Waals surface area contributed by atoms with Crippen LogP contribution in [0.25, 0.3) is 21.3 Å². The highest BCUT2D eigenvalue weighted by Crippen LogP contribution is 2.38. The summed E-state index contributed by atoms with van der Waals surface area (Å²) in [4.78, 5) is 22.4. The van der Waals surface area contributed by atoms with Crippen molar-refractivity contribution < 1.29 is 9.53 Å². The second kappa shape index (κ2) is 8.31. The van der Waals surface area contributed by atoms with Crippen LogP contribution in [0.5, 0.6) is 5.75 Å². The summed E-state index contributed by atoms with van der Waals surface area (Å²) >= 11 is 8.99. The maximum atomic E-state index is 12.7. The van der Waals surface area contributed by atoms with Gasteiger partial charge in [0.25, 0.3) is 0 Å². The summed E-state index contributed by atoms with van der Waals surface area (Å²) in [6.45, 7) is 0. The van der Waals surface area contributed by atoms with E-state index in [0.29, 0.717) is 16.3 Å². The van der Waals surface area contributed by atoms with Crippen molar-refractivity contribution in [3.8, 4) is 16.9 Å². The van der Waals surface area contributed by atoms with Crippen molar-refractivity contribution in [2.75, 3.05) is 12.9 Å². The molecule has 0 aliphatic carbocycles. The second-order valence-corrected chi connectivity index (χ2v) is 8.19. The third-order valence-electron chi connectivity index (χ3n) is 4.24. The van der Waals surface area contributed by atoms with E-state index >= 15 is 0 Å². The summed E-state index contributed by atoms with van der Waals surface area (Å²) in [5.41, 5.74) is 2.67. The highest BCUT2D eigenvalue weighted by Gasteiger charge is 2.17. The van der Waals surface area contributed by atoms with Crippen molar-refractivity contribution in [2.24, 2.45) is 0 Å². The zero-order chi connectivity index (χ0) is 19.5. The van der Waals surface area contributed by atoms with Crippen molar-refractivity contribution in [3.63, 3.8) is 0 Å². The number of hydrogen-bond donors (Lipinski definition) is 0. The quantitative estimate of drug-likeness (QED) is 0.215. The Morgan fingerprint density at radius 1 is 1.14 bits per heavy atom. The van der Waals surface area contributed by atoms with Crippen LogP contribution in [0.15, 0.2) is 65.3 Å². The third-order valence-corrected chi connectivity index (χ3v) is 6.37. The molecule has 2 heterocycles. The highest BCUT2D eigenvalue weighted by molar-refractivity contribution is 8.00. The lowest BCUT2D eigenvalue weighted by molar-refractivity contribution is 0.101. The molecule has 4 rings (SSSR count). The number of carbonyl (C=O) groups excluding carboxylic acids is 1. The van der Waals surface area contributed by atoms with E-state index in [2.05, 4.69) is 15.3 Å². The van der Waals surface area contributed by atoms with Gasteiger partial charge < -0.3 is 4.74 Å². The Bertz CT molecular complexity index is 1140. The van der Waals surface area contributed by atoms with Crippen LogP contribution in [0.1, 0.15) is 10.4 Å². The number of Topliss-reactive ketones (excluding diaryl/α,β-unsaturated/α-hetero) is 1. The van der Waals surface area contributed by atoms with Crippen LogP contribution in [0.4, 0.5) is 0 Å². The number of thiophene rings is 1. The topological polar surface area (TPSA) is 52.1 Å². The first-order valence-electron chi connectivity index (χ1n) is 8.44. The first kappa shape index (κ1) is 18.9. The van der Waals surface area contributed by atoms with Gasteiger partial charge in [-0.2, -0.15) is 0 Å². The second-order valence-electron chi connectivity index (χ2n) is 5.93. The molecule has 0 amide bonds. The Morgan fingerprint density at radius 3 is 2.71 bits per heavy atom. The van der Waals surface area contributed by atoms with Crippen molar-refractivity contribution >= 4 is 50.7 Å². The summed E-state index contributed by atoms with van der Waals surface area (Å²) in [5, 5.41) is 4.51. The molecule has 0 unspecified atom stereocenters. The summed E-state index contributed by atoms with van der Waals surface area (Å²) in [6, 6.07) is 14.9. The minimum Gasteiger partial charge on any atom is -0.496 e. The highest BCUT2D eigenvalue weighted by atomic mass is 35.5. The van der Waals surface area contributed by atoms with Gasteiger partial charge in [0, 0.05) is 16.0 Å². The molecule has 4 aromatic rings. The molecule has 0 bridgehead atoms. The average Bonchev–Trinajstić information content (AvgIpc) is 3.17. The molecule has 0 aliphatic rings. The number of aromatic nitrogens is 2. The van der Waals surface area contributed by atoms with Gasteiger partial charge in [0.2, 0.25) is 0 Å². The Balaban J connectivity index is 1.65. The first-order chi connectivity index (χ1) is 13.7. The molecule has 0 spiro atoms. The van der Waals surface area contributed by atoms with Crippen LogP contribution in [0.2, 0.25) is 5.02 Å². The molecule has 0 atom stereocenters. The minimum atomic E-state index is -0.00233. The van der Waals surface area contributed by atoms with Gasteiger partial charge in [0.05, 0.1) is 23.8 Å². The minimum absolute atomic E-state index is 0.00233. The van der Waals surface area contributed by atoms with E-state index in [1.165, 1.54) is 11.8 Å². The zero-order valence-corrected chi connectivity index (χ0v) is 17.3. The number of thioether (sulfide) groups is 1. The number of ether oxygens (including phenoxy) is 1. The fourth-order valence-electron chi connectivity index (χ4n) is 2.89. The van der Waals surface area contributed by atoms with Gasteiger partial charge in [-0.1, -0.05) is 47.6 Å². The molecular formula is C21H15ClN2O2S2. The molecule has 2 aromatic carbocycles. The molecule has 0 saturated heterocycles. The van der Waals surface area contributed by atoms with Crippen LogP contribution in [-0.4, -0.2) is 28.6 Å². The molecule has 0 aliphatic heterocycles. The number of para-hydroxylation sites is 1. The van der Waals surface area contributed by atoms with Crippen molar-refractivity contribution in [1.82, 2.24) is 9.97 Å². The number of benzene rings is 2. The number of carbonyl (C=O) groups is 1. The number of hydrogen-bond acceptors (Lipinski definition) is 6. The summed E-state index contributed by atoms with van der Waals surface area (Å²) in [5.74, 6) is 0.846. The normalized spacial score (nSPS) is 10.9. The van der Waals surface area contributed by atoms with E-state index in [4.69, 9.17) is 16.3 Å². The lowest BCUT2D eigenvalue weighted by Gasteiger charge is -2.08. The summed E-state index contributed by atoms with van der Waals surface area (Å²) in [6.07, 6.45) is 1.54.